The smallest absolute Gasteiger partial charge is 0.255 e. The van der Waals surface area contributed by atoms with E-state index in [0.29, 0.717) is 57.9 Å². The maximum Gasteiger partial charge on any atom is 0.255 e. The van der Waals surface area contributed by atoms with Crippen LogP contribution in [0.3, 0.4) is 0 Å². The van der Waals surface area contributed by atoms with Gasteiger partial charge in [-0.15, -0.1) is 0 Å². The number of ether oxygens (including phenoxy) is 7. The number of hydrogen-bond acceptors (Lipinski definition) is 9. The highest BCUT2D eigenvalue weighted by Crippen LogP contribution is 2.42. The van der Waals surface area contributed by atoms with Gasteiger partial charge in [0.05, 0.1) is 49.8 Å². The molecule has 0 bridgehead atoms. The van der Waals surface area contributed by atoms with Crippen molar-refractivity contribution in [2.24, 2.45) is 0 Å². The van der Waals surface area contributed by atoms with Crippen molar-refractivity contribution in [2.75, 3.05) is 68.7 Å². The number of amides is 1. The average Bonchev–Trinajstić information content (AvgIpc) is 3.00. The third-order valence-corrected chi connectivity index (χ3v) is 7.47. The normalized spacial score (nSPS) is 14.5. The van der Waals surface area contributed by atoms with E-state index in [9.17, 15) is 4.79 Å². The quantitative estimate of drug-likeness (QED) is 0.352. The minimum Gasteiger partial charge on any atom is -0.493 e. The molecule has 0 aliphatic carbocycles. The molecule has 3 aromatic rings. The average molecular weight is 567 g/mol. The minimum atomic E-state index is -0.346. The van der Waals surface area contributed by atoms with Crippen molar-refractivity contribution in [1.82, 2.24) is 4.90 Å². The minimum absolute atomic E-state index is 0.00786. The van der Waals surface area contributed by atoms with Gasteiger partial charge < -0.3 is 38.5 Å². The van der Waals surface area contributed by atoms with Crippen LogP contribution in [0.25, 0.3) is 0 Å². The largest absolute Gasteiger partial charge is 0.493 e. The molecule has 3 aromatic carbocycles. The molecule has 0 saturated carbocycles. The van der Waals surface area contributed by atoms with Crippen molar-refractivity contribution in [3.05, 3.63) is 58.7 Å². The van der Waals surface area contributed by atoms with Crippen molar-refractivity contribution < 1.29 is 38.0 Å². The standard InChI is InChI=1S/C31H38N2O8/c1-33-10-9-18-12-24(35-2)26(37-4)16-21(18)23(33)11-19-13-25(36-3)27(38-5)17-22(19)32-31(34)20-14-28(39-6)30(41-8)29(15-20)40-7/h12-17,23H,9-11H2,1-8H3,(H,32,34). The van der Waals surface area contributed by atoms with E-state index in [1.807, 2.05) is 12.1 Å². The number of carbonyl (C=O) groups is 1. The van der Waals surface area contributed by atoms with Gasteiger partial charge in [0.15, 0.2) is 34.5 Å². The molecule has 220 valence electrons. The Morgan fingerprint density at radius 3 is 1.83 bits per heavy atom. The number of fused-ring (bicyclic) bond motifs is 1. The van der Waals surface area contributed by atoms with E-state index in [1.54, 1.807) is 46.6 Å². The lowest BCUT2D eigenvalue weighted by Crippen LogP contribution is -2.33. The van der Waals surface area contributed by atoms with E-state index in [0.717, 1.165) is 24.1 Å². The SMILES string of the molecule is COc1cc(CC2c3cc(OC)c(OC)cc3CCN2C)c(NC(=O)c2cc(OC)c(OC)c(OC)c2)cc1OC. The lowest BCUT2D eigenvalue weighted by atomic mass is 9.88. The zero-order chi connectivity index (χ0) is 29.7. The first kappa shape index (κ1) is 29.7. The Balaban J connectivity index is 1.76. The molecule has 10 heteroatoms. The van der Waals surface area contributed by atoms with E-state index in [2.05, 4.69) is 23.3 Å². The zero-order valence-corrected chi connectivity index (χ0v) is 24.9. The van der Waals surface area contributed by atoms with Crippen LogP contribution in [-0.4, -0.2) is 74.2 Å². The highest BCUT2D eigenvalue weighted by Gasteiger charge is 2.29. The van der Waals surface area contributed by atoms with Gasteiger partial charge in [-0.05, 0) is 66.9 Å². The van der Waals surface area contributed by atoms with Gasteiger partial charge in [-0.25, -0.2) is 0 Å². The maximum atomic E-state index is 13.6. The summed E-state index contributed by atoms with van der Waals surface area (Å²) in [4.78, 5) is 15.9. The number of methoxy groups -OCH3 is 7. The third-order valence-electron chi connectivity index (χ3n) is 7.47. The van der Waals surface area contributed by atoms with Crippen LogP contribution in [0.4, 0.5) is 5.69 Å². The fraction of sp³-hybridized carbons (Fsp3) is 0.387. The van der Waals surface area contributed by atoms with Gasteiger partial charge in [-0.1, -0.05) is 0 Å². The molecule has 0 spiro atoms. The summed E-state index contributed by atoms with van der Waals surface area (Å²) in [6, 6.07) is 11.0. The second-order valence-corrected chi connectivity index (χ2v) is 9.59. The van der Waals surface area contributed by atoms with Crippen LogP contribution in [0, 0.1) is 0 Å². The predicted molar refractivity (Wildman–Crippen MR) is 156 cm³/mol. The molecule has 1 heterocycles. The van der Waals surface area contributed by atoms with Gasteiger partial charge in [-0.3, -0.25) is 9.69 Å². The van der Waals surface area contributed by atoms with Crippen LogP contribution >= 0.6 is 0 Å². The molecule has 0 aromatic heterocycles. The number of likely N-dealkylation sites (N-methyl/N-ethyl adjacent to an activating group) is 1. The summed E-state index contributed by atoms with van der Waals surface area (Å²) in [5.41, 5.74) is 4.17. The molecule has 1 amide bonds. The van der Waals surface area contributed by atoms with Crippen molar-refractivity contribution in [1.29, 1.82) is 0 Å². The number of rotatable bonds is 11. The van der Waals surface area contributed by atoms with Gasteiger partial charge in [0, 0.05) is 29.9 Å². The van der Waals surface area contributed by atoms with Crippen LogP contribution < -0.4 is 38.5 Å². The molecular formula is C31H38N2O8. The summed E-state index contributed by atoms with van der Waals surface area (Å²) >= 11 is 0. The first-order valence-corrected chi connectivity index (χ1v) is 13.1. The van der Waals surface area contributed by atoms with Crippen LogP contribution in [0.1, 0.15) is 33.1 Å². The maximum absolute atomic E-state index is 13.6. The fourth-order valence-electron chi connectivity index (χ4n) is 5.24. The summed E-state index contributed by atoms with van der Waals surface area (Å²) in [6.45, 7) is 0.869. The van der Waals surface area contributed by atoms with E-state index in [4.69, 9.17) is 33.2 Å². The molecule has 1 aliphatic heterocycles. The lowest BCUT2D eigenvalue weighted by Gasteiger charge is -2.35. The number of nitrogens with zero attached hydrogens (tertiary/aromatic N) is 1. The third kappa shape index (κ3) is 5.92. The highest BCUT2D eigenvalue weighted by atomic mass is 16.5. The number of nitrogens with one attached hydrogen (secondary N) is 1. The summed E-state index contributed by atoms with van der Waals surface area (Å²) in [5.74, 6) is 3.28. The Morgan fingerprint density at radius 1 is 0.732 bits per heavy atom. The lowest BCUT2D eigenvalue weighted by molar-refractivity contribution is 0.102. The molecular weight excluding hydrogens is 528 g/mol. The monoisotopic (exact) mass is 566 g/mol. The van der Waals surface area contributed by atoms with E-state index in [1.165, 1.54) is 26.9 Å². The molecule has 0 fully saturated rings. The van der Waals surface area contributed by atoms with Gasteiger partial charge in [0.1, 0.15) is 0 Å². The topological polar surface area (TPSA) is 97.0 Å². The van der Waals surface area contributed by atoms with Crippen LogP contribution in [-0.2, 0) is 12.8 Å². The van der Waals surface area contributed by atoms with Gasteiger partial charge in [-0.2, -0.15) is 0 Å². The molecule has 1 N–H and O–H groups in total. The highest BCUT2D eigenvalue weighted by molar-refractivity contribution is 6.05. The van der Waals surface area contributed by atoms with E-state index in [-0.39, 0.29) is 11.9 Å². The Kier molecular flexibility index (Phi) is 9.34. The zero-order valence-electron chi connectivity index (χ0n) is 24.9. The Bertz CT molecular complexity index is 1380. The van der Waals surface area contributed by atoms with Crippen LogP contribution in [0.2, 0.25) is 0 Å². The second-order valence-electron chi connectivity index (χ2n) is 9.59. The molecule has 41 heavy (non-hydrogen) atoms. The van der Waals surface area contributed by atoms with Crippen molar-refractivity contribution in [3.8, 4) is 40.2 Å². The molecule has 1 atom stereocenters. The number of benzene rings is 3. The Labute approximate surface area is 241 Å². The Hall–Kier alpha value is -4.31. The Morgan fingerprint density at radius 2 is 1.27 bits per heavy atom. The molecule has 0 radical (unpaired) electrons. The number of carbonyl (C=O) groups excluding carboxylic acids is 1. The summed E-state index contributed by atoms with van der Waals surface area (Å²) in [6.07, 6.45) is 1.48. The summed E-state index contributed by atoms with van der Waals surface area (Å²) in [7, 11) is 13.1. The van der Waals surface area contributed by atoms with Crippen molar-refractivity contribution in [2.45, 2.75) is 18.9 Å². The molecule has 1 aliphatic rings. The molecule has 0 saturated heterocycles. The molecule has 10 nitrogen and oxygen atoms in total. The first-order valence-electron chi connectivity index (χ1n) is 13.1. The van der Waals surface area contributed by atoms with Crippen LogP contribution in [0.15, 0.2) is 36.4 Å². The molecule has 4 rings (SSSR count). The van der Waals surface area contributed by atoms with Gasteiger partial charge in [0.2, 0.25) is 5.75 Å². The van der Waals surface area contributed by atoms with Gasteiger partial charge >= 0.3 is 0 Å². The number of anilines is 1. The molecule has 1 unspecified atom stereocenters. The van der Waals surface area contributed by atoms with Crippen LogP contribution in [0.5, 0.6) is 40.2 Å². The first-order chi connectivity index (χ1) is 19.8. The van der Waals surface area contributed by atoms with Crippen molar-refractivity contribution in [3.63, 3.8) is 0 Å². The predicted octanol–water partition coefficient (Wildman–Crippen LogP) is 4.77. The van der Waals surface area contributed by atoms with Gasteiger partial charge in [0.25, 0.3) is 5.91 Å². The van der Waals surface area contributed by atoms with E-state index < -0.39 is 0 Å². The van der Waals surface area contributed by atoms with E-state index >= 15 is 0 Å². The second kappa shape index (κ2) is 12.9. The fourth-order valence-corrected chi connectivity index (χ4v) is 5.24. The summed E-state index contributed by atoms with van der Waals surface area (Å²) in [5, 5.41) is 3.07. The number of hydrogen-bond donors (Lipinski definition) is 1. The summed E-state index contributed by atoms with van der Waals surface area (Å²) < 4.78 is 38.7. The van der Waals surface area contributed by atoms with Crippen molar-refractivity contribution >= 4 is 11.6 Å².